The van der Waals surface area contributed by atoms with Crippen molar-refractivity contribution in [3.8, 4) is 0 Å². The van der Waals surface area contributed by atoms with Crippen molar-refractivity contribution in [1.29, 1.82) is 0 Å². The summed E-state index contributed by atoms with van der Waals surface area (Å²) < 4.78 is 23.5. The SMILES string of the molecule is CS(=O)(=O)c1cc(C(=O)N2CCc3ccccc32)ccc1Cl. The predicted octanol–water partition coefficient (Wildman–Crippen LogP) is 2.95. The average molecular weight is 336 g/mol. The molecule has 0 spiro atoms. The monoisotopic (exact) mass is 335 g/mol. The minimum Gasteiger partial charge on any atom is -0.308 e. The van der Waals surface area contributed by atoms with Crippen LogP contribution in [-0.4, -0.2) is 27.1 Å². The number of halogens is 1. The number of anilines is 1. The zero-order valence-corrected chi connectivity index (χ0v) is 13.5. The maximum Gasteiger partial charge on any atom is 0.258 e. The highest BCUT2D eigenvalue weighted by Gasteiger charge is 2.26. The highest BCUT2D eigenvalue weighted by Crippen LogP contribution is 2.30. The first-order valence-corrected chi connectivity index (χ1v) is 9.04. The fourth-order valence-corrected chi connectivity index (χ4v) is 3.93. The molecule has 22 heavy (non-hydrogen) atoms. The minimum atomic E-state index is -3.48. The minimum absolute atomic E-state index is 0.0208. The molecule has 0 atom stereocenters. The van der Waals surface area contributed by atoms with E-state index in [1.54, 1.807) is 11.0 Å². The fraction of sp³-hybridized carbons (Fsp3) is 0.188. The molecule has 2 aromatic rings. The van der Waals surface area contributed by atoms with Gasteiger partial charge in [0.25, 0.3) is 5.91 Å². The summed E-state index contributed by atoms with van der Waals surface area (Å²) in [5.74, 6) is -0.216. The maximum atomic E-state index is 12.7. The van der Waals surface area contributed by atoms with Crippen LogP contribution in [-0.2, 0) is 16.3 Å². The van der Waals surface area contributed by atoms with Crippen LogP contribution in [0.4, 0.5) is 5.69 Å². The molecule has 2 aromatic carbocycles. The molecule has 0 aliphatic carbocycles. The molecule has 0 N–H and O–H groups in total. The summed E-state index contributed by atoms with van der Waals surface area (Å²) in [6.07, 6.45) is 1.88. The third kappa shape index (κ3) is 2.62. The van der Waals surface area contributed by atoms with Crippen molar-refractivity contribution < 1.29 is 13.2 Å². The lowest BCUT2D eigenvalue weighted by molar-refractivity contribution is 0.0989. The summed E-state index contributed by atoms with van der Waals surface area (Å²) in [5.41, 5.74) is 2.32. The predicted molar refractivity (Wildman–Crippen MR) is 86.4 cm³/mol. The lowest BCUT2D eigenvalue weighted by Crippen LogP contribution is -2.29. The van der Waals surface area contributed by atoms with E-state index >= 15 is 0 Å². The van der Waals surface area contributed by atoms with Crippen LogP contribution in [0.2, 0.25) is 5.02 Å². The molecule has 0 fully saturated rings. The van der Waals surface area contributed by atoms with Gasteiger partial charge in [0, 0.05) is 24.1 Å². The molecule has 1 heterocycles. The molecule has 0 saturated heterocycles. The van der Waals surface area contributed by atoms with E-state index in [0.717, 1.165) is 23.9 Å². The second-order valence-electron chi connectivity index (χ2n) is 5.25. The highest BCUT2D eigenvalue weighted by molar-refractivity contribution is 7.90. The van der Waals surface area contributed by atoms with Crippen LogP contribution in [0.3, 0.4) is 0 Å². The molecule has 3 rings (SSSR count). The molecule has 0 saturated carbocycles. The number of para-hydroxylation sites is 1. The molecule has 6 heteroatoms. The van der Waals surface area contributed by atoms with Crippen molar-refractivity contribution in [2.75, 3.05) is 17.7 Å². The molecule has 1 aliphatic heterocycles. The third-order valence-electron chi connectivity index (χ3n) is 3.71. The second kappa shape index (κ2) is 5.41. The Morgan fingerprint density at radius 1 is 1.18 bits per heavy atom. The molecule has 4 nitrogen and oxygen atoms in total. The number of rotatable bonds is 2. The van der Waals surface area contributed by atoms with Gasteiger partial charge >= 0.3 is 0 Å². The number of sulfone groups is 1. The fourth-order valence-electron chi connectivity index (χ4n) is 2.63. The summed E-state index contributed by atoms with van der Waals surface area (Å²) in [7, 11) is -3.48. The smallest absolute Gasteiger partial charge is 0.258 e. The van der Waals surface area contributed by atoms with Crippen molar-refractivity contribution in [3.05, 3.63) is 58.6 Å². The first-order chi connectivity index (χ1) is 10.4. The van der Waals surface area contributed by atoms with Crippen molar-refractivity contribution in [2.24, 2.45) is 0 Å². The summed E-state index contributed by atoms with van der Waals surface area (Å²) in [4.78, 5) is 14.3. The van der Waals surface area contributed by atoms with E-state index in [1.807, 2.05) is 24.3 Å². The largest absolute Gasteiger partial charge is 0.308 e. The van der Waals surface area contributed by atoms with Crippen molar-refractivity contribution in [2.45, 2.75) is 11.3 Å². The number of carbonyl (C=O) groups is 1. The van der Waals surface area contributed by atoms with Crippen molar-refractivity contribution >= 4 is 33.0 Å². The zero-order chi connectivity index (χ0) is 15.9. The Morgan fingerprint density at radius 3 is 2.64 bits per heavy atom. The van der Waals surface area contributed by atoms with E-state index in [1.165, 1.54) is 12.1 Å². The number of hydrogen-bond donors (Lipinski definition) is 0. The molecule has 0 bridgehead atoms. The van der Waals surface area contributed by atoms with Gasteiger partial charge in [0.15, 0.2) is 9.84 Å². The summed E-state index contributed by atoms with van der Waals surface area (Å²) in [6, 6.07) is 12.1. The van der Waals surface area contributed by atoms with Gasteiger partial charge in [-0.1, -0.05) is 29.8 Å². The van der Waals surface area contributed by atoms with Gasteiger partial charge in [-0.2, -0.15) is 0 Å². The van der Waals surface area contributed by atoms with Gasteiger partial charge in [0.1, 0.15) is 0 Å². The van der Waals surface area contributed by atoms with Gasteiger partial charge in [-0.25, -0.2) is 8.42 Å². The number of fused-ring (bicyclic) bond motifs is 1. The normalized spacial score (nSPS) is 14.0. The van der Waals surface area contributed by atoms with E-state index in [0.29, 0.717) is 12.1 Å². The van der Waals surface area contributed by atoms with E-state index in [9.17, 15) is 13.2 Å². The van der Waals surface area contributed by atoms with Crippen LogP contribution >= 0.6 is 11.6 Å². The van der Waals surface area contributed by atoms with Crippen LogP contribution in [0.1, 0.15) is 15.9 Å². The average Bonchev–Trinajstić information content (AvgIpc) is 2.89. The highest BCUT2D eigenvalue weighted by atomic mass is 35.5. The number of carbonyl (C=O) groups excluding carboxylic acids is 1. The molecule has 1 amide bonds. The Hall–Kier alpha value is -1.85. The van der Waals surface area contributed by atoms with Gasteiger partial charge in [0.2, 0.25) is 0 Å². The number of amides is 1. The van der Waals surface area contributed by atoms with Crippen molar-refractivity contribution in [3.63, 3.8) is 0 Å². The quantitative estimate of drug-likeness (QED) is 0.848. The van der Waals surface area contributed by atoms with E-state index in [4.69, 9.17) is 11.6 Å². The maximum absolute atomic E-state index is 12.7. The second-order valence-corrected chi connectivity index (χ2v) is 7.64. The van der Waals surface area contributed by atoms with Gasteiger partial charge in [-0.3, -0.25) is 4.79 Å². The summed E-state index contributed by atoms with van der Waals surface area (Å²) >= 11 is 5.92. The lowest BCUT2D eigenvalue weighted by Gasteiger charge is -2.18. The first-order valence-electron chi connectivity index (χ1n) is 6.77. The third-order valence-corrected chi connectivity index (χ3v) is 5.29. The Labute approximate surface area is 134 Å². The van der Waals surface area contributed by atoms with E-state index < -0.39 is 9.84 Å². The Balaban J connectivity index is 2.01. The molecular formula is C16H14ClNO3S. The van der Waals surface area contributed by atoms with Crippen LogP contribution in [0.25, 0.3) is 0 Å². The standard InChI is InChI=1S/C16H14ClNO3S/c1-22(20,21)15-10-12(6-7-13(15)17)16(19)18-9-8-11-4-2-3-5-14(11)18/h2-7,10H,8-9H2,1H3. The van der Waals surface area contributed by atoms with Crippen LogP contribution in [0.5, 0.6) is 0 Å². The molecule has 0 radical (unpaired) electrons. The van der Waals surface area contributed by atoms with Gasteiger partial charge < -0.3 is 4.90 Å². The topological polar surface area (TPSA) is 54.5 Å². The summed E-state index contributed by atoms with van der Waals surface area (Å²) in [5, 5.41) is 0.126. The number of nitrogens with zero attached hydrogens (tertiary/aromatic N) is 1. The van der Waals surface area contributed by atoms with Crippen molar-refractivity contribution in [1.82, 2.24) is 0 Å². The first kappa shape index (κ1) is 15.1. The van der Waals surface area contributed by atoms with E-state index in [2.05, 4.69) is 0 Å². The molecular weight excluding hydrogens is 322 g/mol. The lowest BCUT2D eigenvalue weighted by atomic mass is 10.1. The van der Waals surface area contributed by atoms with Gasteiger partial charge in [-0.05, 0) is 36.2 Å². The molecule has 0 unspecified atom stereocenters. The summed E-state index contributed by atoms with van der Waals surface area (Å²) in [6.45, 7) is 0.592. The molecule has 1 aliphatic rings. The Kier molecular flexibility index (Phi) is 3.70. The zero-order valence-electron chi connectivity index (χ0n) is 11.9. The van der Waals surface area contributed by atoms with E-state index in [-0.39, 0.29) is 15.8 Å². The molecule has 0 aromatic heterocycles. The van der Waals surface area contributed by atoms with Crippen LogP contribution < -0.4 is 4.90 Å². The van der Waals surface area contributed by atoms with Gasteiger partial charge in [-0.15, -0.1) is 0 Å². The van der Waals surface area contributed by atoms with Gasteiger partial charge in [0.05, 0.1) is 9.92 Å². The number of benzene rings is 2. The Morgan fingerprint density at radius 2 is 1.91 bits per heavy atom. The molecule has 114 valence electrons. The van der Waals surface area contributed by atoms with Crippen LogP contribution in [0, 0.1) is 0 Å². The number of hydrogen-bond acceptors (Lipinski definition) is 3. The van der Waals surface area contributed by atoms with Crippen LogP contribution in [0.15, 0.2) is 47.4 Å². The Bertz CT molecular complexity index is 861.